The van der Waals surface area contributed by atoms with Crippen LogP contribution in [0.25, 0.3) is 0 Å². The van der Waals surface area contributed by atoms with Gasteiger partial charge in [-0.2, -0.15) is 0 Å². The van der Waals surface area contributed by atoms with Crippen LogP contribution in [0.3, 0.4) is 0 Å². The highest BCUT2D eigenvalue weighted by Gasteiger charge is 2.15. The number of hydrogen-bond donors (Lipinski definition) is 3. The number of carbonyl (C=O) groups is 2. The van der Waals surface area contributed by atoms with E-state index >= 15 is 0 Å². The molecule has 1 fully saturated rings. The lowest BCUT2D eigenvalue weighted by molar-refractivity contribution is -0.124. The Morgan fingerprint density at radius 2 is 1.50 bits per heavy atom. The Morgan fingerprint density at radius 1 is 1.20 bits per heavy atom. The van der Waals surface area contributed by atoms with E-state index in [0.717, 1.165) is 0 Å². The first-order valence-electron chi connectivity index (χ1n) is 2.56. The first-order chi connectivity index (χ1) is 4.70. The van der Waals surface area contributed by atoms with Crippen LogP contribution < -0.4 is 10.2 Å². The Kier molecular flexibility index (Phi) is 3.67. The standard InChI is InChI=1S/C4H5NO2.H2N3/c6-3-1-2-4(7)5-3;1-3-2/h1-2H2,(H,5,6,7);1-2H/q;+1. The lowest BCUT2D eigenvalue weighted by Gasteiger charge is -1.79. The van der Waals surface area contributed by atoms with Crippen molar-refractivity contribution in [3.05, 3.63) is 0 Å². The van der Waals surface area contributed by atoms with Crippen molar-refractivity contribution in [2.75, 3.05) is 0 Å². The van der Waals surface area contributed by atoms with Crippen molar-refractivity contribution in [1.82, 2.24) is 10.2 Å². The third kappa shape index (κ3) is 3.45. The van der Waals surface area contributed by atoms with E-state index in [0.29, 0.717) is 12.8 Å². The molecule has 0 bridgehead atoms. The highest BCUT2D eigenvalue weighted by Crippen LogP contribution is 1.95. The summed E-state index contributed by atoms with van der Waals surface area (Å²) in [5, 5.41) is 2.14. The monoisotopic (exact) mass is 143 g/mol. The van der Waals surface area contributed by atoms with Crippen LogP contribution in [0.15, 0.2) is 0 Å². The molecule has 0 aromatic rings. The Labute approximate surface area is 56.6 Å². The molecule has 0 spiro atoms. The number of imide groups is 1. The molecule has 2 amide bonds. The lowest BCUT2D eigenvalue weighted by Crippen LogP contribution is -2.18. The number of nitrogens with one attached hydrogen (secondary N) is 3. The molecular weight excluding hydrogens is 136 g/mol. The fraction of sp³-hybridized carbons (Fsp3) is 0.500. The van der Waals surface area contributed by atoms with Crippen molar-refractivity contribution < 1.29 is 9.59 Å². The zero-order valence-electron chi connectivity index (χ0n) is 5.18. The van der Waals surface area contributed by atoms with E-state index in [2.05, 4.69) is 5.32 Å². The molecule has 1 aliphatic heterocycles. The molecule has 1 saturated heterocycles. The summed E-state index contributed by atoms with van der Waals surface area (Å²) in [5.41, 5.74) is 11.0. The highest BCUT2D eigenvalue weighted by atomic mass is 16.2. The second kappa shape index (κ2) is 4.34. The second-order valence-corrected chi connectivity index (χ2v) is 1.58. The van der Waals surface area contributed by atoms with Gasteiger partial charge in [0.25, 0.3) is 0 Å². The van der Waals surface area contributed by atoms with Crippen LogP contribution in [-0.4, -0.2) is 11.8 Å². The van der Waals surface area contributed by atoms with Crippen LogP contribution in [0.1, 0.15) is 12.8 Å². The van der Waals surface area contributed by atoms with Crippen LogP contribution in [0.4, 0.5) is 0 Å². The van der Waals surface area contributed by atoms with Gasteiger partial charge < -0.3 is 0 Å². The Balaban J connectivity index is 0.000000236. The Morgan fingerprint density at radius 3 is 1.60 bits per heavy atom. The minimum absolute atomic E-state index is 0.148. The molecule has 6 heteroatoms. The number of amides is 2. The van der Waals surface area contributed by atoms with Gasteiger partial charge in [0.15, 0.2) is 0 Å². The minimum Gasteiger partial charge on any atom is -0.296 e. The second-order valence-electron chi connectivity index (χ2n) is 1.58. The number of rotatable bonds is 0. The van der Waals surface area contributed by atoms with Gasteiger partial charge in [-0.05, 0) is 0 Å². The van der Waals surface area contributed by atoms with Crippen LogP contribution in [-0.2, 0) is 9.59 Å². The Bertz CT molecular complexity index is 168. The van der Waals surface area contributed by atoms with Gasteiger partial charge in [0.1, 0.15) is 11.1 Å². The zero-order valence-corrected chi connectivity index (χ0v) is 5.18. The number of carbonyl (C=O) groups excluding carboxylic acids is 2. The van der Waals surface area contributed by atoms with Crippen LogP contribution in [0.2, 0.25) is 0 Å². The van der Waals surface area contributed by atoms with E-state index in [9.17, 15) is 9.59 Å². The summed E-state index contributed by atoms with van der Waals surface area (Å²) in [6.45, 7) is 0. The lowest BCUT2D eigenvalue weighted by atomic mass is 10.4. The molecule has 1 heterocycles. The van der Waals surface area contributed by atoms with E-state index in [-0.39, 0.29) is 11.8 Å². The summed E-state index contributed by atoms with van der Waals surface area (Å²) in [5.74, 6) is -0.296. The molecule has 10 heavy (non-hydrogen) atoms. The first kappa shape index (κ1) is 8.45. The summed E-state index contributed by atoms with van der Waals surface area (Å²) in [7, 11) is 0. The predicted molar refractivity (Wildman–Crippen MR) is 30.0 cm³/mol. The van der Waals surface area contributed by atoms with Crippen LogP contribution in [0, 0.1) is 11.1 Å². The quantitative estimate of drug-likeness (QED) is 0.242. The Hall–Kier alpha value is -1.55. The number of nitrogens with zero attached hydrogens (tertiary/aromatic N) is 1. The van der Waals surface area contributed by atoms with Gasteiger partial charge in [-0.25, -0.2) is 0 Å². The molecule has 54 valence electrons. The van der Waals surface area contributed by atoms with Gasteiger partial charge >= 0.3 is 0 Å². The van der Waals surface area contributed by atoms with Crippen LogP contribution in [0.5, 0.6) is 0 Å². The SMILES string of the molecule is N=[N+]=N.O=C1CCC(=O)N1. The van der Waals surface area contributed by atoms with Gasteiger partial charge in [0.05, 0.1) is 0 Å². The highest BCUT2D eigenvalue weighted by molar-refractivity contribution is 6.01. The number of hydrogen-bond acceptors (Lipinski definition) is 4. The molecule has 1 rings (SSSR count). The maximum Gasteiger partial charge on any atom is 0.227 e. The summed E-state index contributed by atoms with van der Waals surface area (Å²) in [6, 6.07) is 0. The van der Waals surface area contributed by atoms with Gasteiger partial charge in [0.2, 0.25) is 16.7 Å². The van der Waals surface area contributed by atoms with Crippen molar-refractivity contribution in [1.29, 1.82) is 11.1 Å². The molecule has 0 atom stereocenters. The molecule has 3 N–H and O–H groups in total. The maximum absolute atomic E-state index is 10.1. The molecular formula is C4H7N4O2+. The summed E-state index contributed by atoms with van der Waals surface area (Å²) in [6.07, 6.45) is 0.748. The largest absolute Gasteiger partial charge is 0.296 e. The fourth-order valence-electron chi connectivity index (χ4n) is 0.508. The molecule has 0 aromatic carbocycles. The molecule has 0 saturated carbocycles. The van der Waals surface area contributed by atoms with E-state index in [1.54, 1.807) is 0 Å². The van der Waals surface area contributed by atoms with Crippen molar-refractivity contribution in [2.45, 2.75) is 12.8 Å². The van der Waals surface area contributed by atoms with Crippen molar-refractivity contribution >= 4 is 11.8 Å². The molecule has 1 aliphatic rings. The molecule has 0 unspecified atom stereocenters. The van der Waals surface area contributed by atoms with E-state index < -0.39 is 0 Å². The molecule has 0 radical (unpaired) electrons. The average molecular weight is 143 g/mol. The van der Waals surface area contributed by atoms with Crippen molar-refractivity contribution in [2.24, 2.45) is 0 Å². The normalized spacial score (nSPS) is 14.8. The first-order valence-corrected chi connectivity index (χ1v) is 2.56. The third-order valence-electron chi connectivity index (χ3n) is 0.858. The predicted octanol–water partition coefficient (Wildman–Crippen LogP) is -0.461. The topological polar surface area (TPSA) is 108 Å². The van der Waals surface area contributed by atoms with Gasteiger partial charge in [-0.3, -0.25) is 14.9 Å². The third-order valence-corrected chi connectivity index (χ3v) is 0.858. The van der Waals surface area contributed by atoms with Gasteiger partial charge in [-0.15, -0.1) is 0 Å². The smallest absolute Gasteiger partial charge is 0.227 e. The van der Waals surface area contributed by atoms with Crippen LogP contribution >= 0.6 is 0 Å². The zero-order chi connectivity index (χ0) is 7.98. The average Bonchev–Trinajstić information content (AvgIpc) is 2.17. The van der Waals surface area contributed by atoms with E-state index in [4.69, 9.17) is 11.1 Å². The van der Waals surface area contributed by atoms with Gasteiger partial charge in [0, 0.05) is 12.8 Å². The van der Waals surface area contributed by atoms with Crippen molar-refractivity contribution in [3.63, 3.8) is 0 Å². The molecule has 6 nitrogen and oxygen atoms in total. The minimum atomic E-state index is -0.148. The maximum atomic E-state index is 10.1. The summed E-state index contributed by atoms with van der Waals surface area (Å²) >= 11 is 0. The fourth-order valence-corrected chi connectivity index (χ4v) is 0.508. The summed E-state index contributed by atoms with van der Waals surface area (Å²) in [4.78, 5) is 22.2. The molecule has 0 aliphatic carbocycles. The van der Waals surface area contributed by atoms with Crippen molar-refractivity contribution in [3.8, 4) is 0 Å². The molecule has 0 aromatic heterocycles. The summed E-state index contributed by atoms with van der Waals surface area (Å²) < 4.78 is 0. The van der Waals surface area contributed by atoms with Gasteiger partial charge in [-0.1, -0.05) is 0 Å². The van der Waals surface area contributed by atoms with E-state index in [1.807, 2.05) is 4.91 Å². The van der Waals surface area contributed by atoms with E-state index in [1.165, 1.54) is 0 Å².